The highest BCUT2D eigenvalue weighted by molar-refractivity contribution is 6.05. The number of carbonyl (C=O) groups excluding carboxylic acids is 1. The first-order chi connectivity index (χ1) is 15.9. The smallest absolute Gasteiger partial charge is 0.254 e. The van der Waals surface area contributed by atoms with Crippen molar-refractivity contribution in [1.29, 1.82) is 0 Å². The van der Waals surface area contributed by atoms with Crippen molar-refractivity contribution in [1.82, 2.24) is 33.9 Å². The van der Waals surface area contributed by atoms with Crippen LogP contribution in [-0.4, -0.2) is 66.0 Å². The van der Waals surface area contributed by atoms with Gasteiger partial charge in [-0.2, -0.15) is 5.10 Å². The SMILES string of the molecule is CC(C)c1cc(C(=O)N2CCN(Cc3cn4ccccc4n3)CC2)c2cnn(C(C)C)c2n1. The number of amides is 1. The first-order valence-corrected chi connectivity index (χ1v) is 11.7. The van der Waals surface area contributed by atoms with Gasteiger partial charge in [-0.3, -0.25) is 9.69 Å². The van der Waals surface area contributed by atoms with Gasteiger partial charge in [0.05, 0.1) is 22.8 Å². The van der Waals surface area contributed by atoms with E-state index in [2.05, 4.69) is 43.9 Å². The Labute approximate surface area is 193 Å². The number of pyridine rings is 2. The second-order valence-corrected chi connectivity index (χ2v) is 9.44. The Kier molecular flexibility index (Phi) is 5.62. The Hall–Kier alpha value is -3.26. The van der Waals surface area contributed by atoms with E-state index < -0.39 is 0 Å². The third-order valence-corrected chi connectivity index (χ3v) is 6.36. The molecule has 172 valence electrons. The highest BCUT2D eigenvalue weighted by Crippen LogP contribution is 2.26. The molecule has 8 nitrogen and oxygen atoms in total. The fourth-order valence-corrected chi connectivity index (χ4v) is 4.46. The zero-order valence-electron chi connectivity index (χ0n) is 19.8. The molecule has 33 heavy (non-hydrogen) atoms. The minimum absolute atomic E-state index is 0.0694. The van der Waals surface area contributed by atoms with Gasteiger partial charge in [0.2, 0.25) is 0 Å². The summed E-state index contributed by atoms with van der Waals surface area (Å²) in [5.74, 6) is 0.304. The molecule has 0 atom stereocenters. The fraction of sp³-hybridized carbons (Fsp3) is 0.440. The number of carbonyl (C=O) groups is 1. The van der Waals surface area contributed by atoms with Gasteiger partial charge in [-0.15, -0.1) is 0 Å². The van der Waals surface area contributed by atoms with Gasteiger partial charge in [0.1, 0.15) is 5.65 Å². The van der Waals surface area contributed by atoms with Crippen LogP contribution in [0.4, 0.5) is 0 Å². The number of imidazole rings is 1. The Morgan fingerprint density at radius 2 is 1.85 bits per heavy atom. The number of piperazine rings is 1. The minimum atomic E-state index is 0.0694. The number of rotatable bonds is 5. The second kappa shape index (κ2) is 8.59. The van der Waals surface area contributed by atoms with Crippen molar-refractivity contribution in [3.8, 4) is 0 Å². The normalized spacial score (nSPS) is 15.4. The van der Waals surface area contributed by atoms with Crippen molar-refractivity contribution in [3.05, 3.63) is 59.8 Å². The van der Waals surface area contributed by atoms with E-state index in [1.807, 2.05) is 44.4 Å². The van der Waals surface area contributed by atoms with Gasteiger partial charge in [-0.1, -0.05) is 19.9 Å². The predicted molar refractivity (Wildman–Crippen MR) is 128 cm³/mol. The largest absolute Gasteiger partial charge is 0.336 e. The molecule has 4 aromatic rings. The van der Waals surface area contributed by atoms with Crippen LogP contribution in [0.5, 0.6) is 0 Å². The lowest BCUT2D eigenvalue weighted by Crippen LogP contribution is -2.48. The molecule has 0 spiro atoms. The lowest BCUT2D eigenvalue weighted by atomic mass is 10.0. The third-order valence-electron chi connectivity index (χ3n) is 6.36. The number of aromatic nitrogens is 5. The zero-order valence-corrected chi connectivity index (χ0v) is 19.8. The summed E-state index contributed by atoms with van der Waals surface area (Å²) < 4.78 is 3.96. The van der Waals surface area contributed by atoms with Crippen LogP contribution in [0.15, 0.2) is 42.9 Å². The molecule has 1 fully saturated rings. The zero-order chi connectivity index (χ0) is 23.1. The Morgan fingerprint density at radius 1 is 1.06 bits per heavy atom. The van der Waals surface area contributed by atoms with Gasteiger partial charge in [-0.25, -0.2) is 14.6 Å². The molecular formula is C25H31N7O. The van der Waals surface area contributed by atoms with Gasteiger partial charge in [0.15, 0.2) is 5.65 Å². The van der Waals surface area contributed by atoms with E-state index in [0.717, 1.165) is 47.7 Å². The summed E-state index contributed by atoms with van der Waals surface area (Å²) in [7, 11) is 0. The van der Waals surface area contributed by atoms with Crippen LogP contribution in [0.2, 0.25) is 0 Å². The van der Waals surface area contributed by atoms with Gasteiger partial charge in [0.25, 0.3) is 5.91 Å². The Morgan fingerprint density at radius 3 is 2.55 bits per heavy atom. The molecule has 0 aliphatic carbocycles. The van der Waals surface area contributed by atoms with E-state index in [9.17, 15) is 4.79 Å². The van der Waals surface area contributed by atoms with Crippen molar-refractivity contribution in [3.63, 3.8) is 0 Å². The molecule has 0 N–H and O–H groups in total. The van der Waals surface area contributed by atoms with E-state index in [1.54, 1.807) is 6.20 Å². The molecule has 1 amide bonds. The van der Waals surface area contributed by atoms with Crippen molar-refractivity contribution in [2.24, 2.45) is 0 Å². The van der Waals surface area contributed by atoms with E-state index in [1.165, 1.54) is 0 Å². The van der Waals surface area contributed by atoms with Crippen LogP contribution in [0, 0.1) is 0 Å². The second-order valence-electron chi connectivity index (χ2n) is 9.44. The maximum Gasteiger partial charge on any atom is 0.254 e. The number of hydrogen-bond donors (Lipinski definition) is 0. The van der Waals surface area contributed by atoms with Gasteiger partial charge in [-0.05, 0) is 38.0 Å². The maximum absolute atomic E-state index is 13.6. The van der Waals surface area contributed by atoms with E-state index >= 15 is 0 Å². The molecule has 0 bridgehead atoms. The Bertz CT molecular complexity index is 1260. The summed E-state index contributed by atoms with van der Waals surface area (Å²) in [6.45, 7) is 12.2. The summed E-state index contributed by atoms with van der Waals surface area (Å²) >= 11 is 0. The van der Waals surface area contributed by atoms with Crippen LogP contribution in [0.3, 0.4) is 0 Å². The highest BCUT2D eigenvalue weighted by Gasteiger charge is 2.26. The van der Waals surface area contributed by atoms with Crippen LogP contribution in [0.1, 0.15) is 61.4 Å². The first-order valence-electron chi connectivity index (χ1n) is 11.7. The molecule has 1 aliphatic heterocycles. The van der Waals surface area contributed by atoms with Gasteiger partial charge < -0.3 is 9.30 Å². The Balaban J connectivity index is 1.33. The molecule has 1 aliphatic rings. The van der Waals surface area contributed by atoms with Crippen molar-refractivity contribution in [2.75, 3.05) is 26.2 Å². The van der Waals surface area contributed by atoms with Crippen LogP contribution in [0.25, 0.3) is 16.7 Å². The lowest BCUT2D eigenvalue weighted by Gasteiger charge is -2.34. The van der Waals surface area contributed by atoms with E-state index in [4.69, 9.17) is 9.97 Å². The van der Waals surface area contributed by atoms with Crippen LogP contribution < -0.4 is 0 Å². The van der Waals surface area contributed by atoms with Crippen molar-refractivity contribution in [2.45, 2.75) is 46.2 Å². The minimum Gasteiger partial charge on any atom is -0.336 e. The monoisotopic (exact) mass is 445 g/mol. The third kappa shape index (κ3) is 4.11. The molecular weight excluding hydrogens is 414 g/mol. The average Bonchev–Trinajstić information content (AvgIpc) is 3.42. The average molecular weight is 446 g/mol. The summed E-state index contributed by atoms with van der Waals surface area (Å²) in [5, 5.41) is 5.36. The summed E-state index contributed by atoms with van der Waals surface area (Å²) in [6, 6.07) is 8.17. The predicted octanol–water partition coefficient (Wildman–Crippen LogP) is 3.74. The fourth-order valence-electron chi connectivity index (χ4n) is 4.46. The van der Waals surface area contributed by atoms with E-state index in [0.29, 0.717) is 18.7 Å². The lowest BCUT2D eigenvalue weighted by molar-refractivity contribution is 0.0629. The topological polar surface area (TPSA) is 71.6 Å². The van der Waals surface area contributed by atoms with Gasteiger partial charge in [0, 0.05) is 56.9 Å². The number of hydrogen-bond acceptors (Lipinski definition) is 5. The quantitative estimate of drug-likeness (QED) is 0.468. The molecule has 1 saturated heterocycles. The van der Waals surface area contributed by atoms with E-state index in [-0.39, 0.29) is 17.9 Å². The summed E-state index contributed by atoms with van der Waals surface area (Å²) in [5.41, 5.74) is 4.46. The maximum atomic E-state index is 13.6. The first kappa shape index (κ1) is 21.6. The van der Waals surface area contributed by atoms with Crippen molar-refractivity contribution >= 4 is 22.6 Å². The standard InChI is InChI=1S/C25H31N7O/c1-17(2)22-13-20(21-14-26-32(18(3)4)24(21)28-22)25(33)30-11-9-29(10-12-30)15-19-16-31-8-6-5-7-23(31)27-19/h5-8,13-14,16-18H,9-12,15H2,1-4H3. The molecule has 0 unspecified atom stereocenters. The van der Waals surface area contributed by atoms with Crippen LogP contribution in [-0.2, 0) is 6.54 Å². The molecule has 5 heterocycles. The summed E-state index contributed by atoms with van der Waals surface area (Å²) in [6.07, 6.45) is 5.89. The highest BCUT2D eigenvalue weighted by atomic mass is 16.2. The van der Waals surface area contributed by atoms with Gasteiger partial charge >= 0.3 is 0 Å². The molecule has 8 heteroatoms. The molecule has 0 aromatic carbocycles. The number of fused-ring (bicyclic) bond motifs is 2. The van der Waals surface area contributed by atoms with Crippen molar-refractivity contribution < 1.29 is 4.79 Å². The number of nitrogens with zero attached hydrogens (tertiary/aromatic N) is 7. The molecule has 0 radical (unpaired) electrons. The van der Waals surface area contributed by atoms with Crippen LogP contribution >= 0.6 is 0 Å². The molecule has 5 rings (SSSR count). The molecule has 4 aromatic heterocycles. The summed E-state index contributed by atoms with van der Waals surface area (Å²) in [4.78, 5) is 27.4. The molecule has 0 saturated carbocycles.